The van der Waals surface area contributed by atoms with E-state index in [1.54, 1.807) is 17.6 Å². The Hall–Kier alpha value is -1.94. The number of rotatable bonds is 2. The molecule has 0 bridgehead atoms. The van der Waals surface area contributed by atoms with Crippen LogP contribution < -0.4 is 5.43 Å². The molecule has 0 unspecified atom stereocenters. The quantitative estimate of drug-likeness (QED) is 0.307. The molecule has 4 N–H and O–H groups in total. The molecule has 0 saturated heterocycles. The Kier molecular flexibility index (Phi) is 3.35. The van der Waals surface area contributed by atoms with Crippen molar-refractivity contribution in [3.63, 3.8) is 0 Å². The van der Waals surface area contributed by atoms with Crippen LogP contribution in [-0.4, -0.2) is 16.5 Å². The zero-order chi connectivity index (χ0) is 12.3. The number of phenols is 1. The van der Waals surface area contributed by atoms with Crippen LogP contribution in [0.4, 0.5) is 5.69 Å². The Labute approximate surface area is 100 Å². The van der Waals surface area contributed by atoms with Gasteiger partial charge in [0.15, 0.2) is 11.4 Å². The molecule has 0 aromatic heterocycles. The molecule has 4 nitrogen and oxygen atoms in total. The van der Waals surface area contributed by atoms with E-state index in [0.29, 0.717) is 11.4 Å². The lowest BCUT2D eigenvalue weighted by molar-refractivity contribution is -0.578. The Morgan fingerprint density at radius 3 is 3.00 bits per heavy atom. The van der Waals surface area contributed by atoms with Crippen molar-refractivity contribution in [2.75, 3.05) is 0 Å². The van der Waals surface area contributed by atoms with Gasteiger partial charge in [0, 0.05) is 12.5 Å². The molecular weight excluding hydrogens is 214 g/mol. The molecule has 1 aliphatic carbocycles. The molecule has 4 heteroatoms. The van der Waals surface area contributed by atoms with E-state index in [2.05, 4.69) is 5.10 Å². The fourth-order valence-electron chi connectivity index (χ4n) is 1.71. The lowest BCUT2D eigenvalue weighted by Gasteiger charge is -2.06. The maximum absolute atomic E-state index is 9.66. The third-order valence-corrected chi connectivity index (χ3v) is 2.69. The molecule has 2 rings (SSSR count). The van der Waals surface area contributed by atoms with Gasteiger partial charge in [-0.05, 0) is 31.1 Å². The van der Waals surface area contributed by atoms with Gasteiger partial charge in [0.05, 0.1) is 5.71 Å². The zero-order valence-electron chi connectivity index (χ0n) is 9.77. The Balaban J connectivity index is 2.16. The van der Waals surface area contributed by atoms with Gasteiger partial charge < -0.3 is 5.11 Å². The minimum Gasteiger partial charge on any atom is -0.503 e. The van der Waals surface area contributed by atoms with Crippen LogP contribution in [0.2, 0.25) is 0 Å². The summed E-state index contributed by atoms with van der Waals surface area (Å²) in [6, 6.07) is 5.39. The SMILES string of the molecule is Cc1ccc(O)c([NH2+]N=C2CCC=CC2=N)c1. The van der Waals surface area contributed by atoms with Crippen LogP contribution in [0.5, 0.6) is 5.75 Å². The molecule has 0 atom stereocenters. The van der Waals surface area contributed by atoms with Gasteiger partial charge in [-0.2, -0.15) is 5.43 Å². The van der Waals surface area contributed by atoms with Crippen molar-refractivity contribution in [3.05, 3.63) is 35.9 Å². The number of aryl methyl sites for hydroxylation is 1. The fourth-order valence-corrected chi connectivity index (χ4v) is 1.71. The van der Waals surface area contributed by atoms with E-state index in [1.165, 1.54) is 0 Å². The lowest BCUT2D eigenvalue weighted by Crippen LogP contribution is -2.72. The highest BCUT2D eigenvalue weighted by molar-refractivity contribution is 6.45. The number of benzene rings is 1. The van der Waals surface area contributed by atoms with Crippen LogP contribution in [-0.2, 0) is 0 Å². The molecular formula is C13H16N3O+. The Bertz CT molecular complexity index is 503. The smallest absolute Gasteiger partial charge is 0.198 e. The molecule has 0 fully saturated rings. The summed E-state index contributed by atoms with van der Waals surface area (Å²) < 4.78 is 0. The van der Waals surface area contributed by atoms with E-state index in [4.69, 9.17) is 5.41 Å². The summed E-state index contributed by atoms with van der Waals surface area (Å²) in [5.74, 6) is 0.220. The van der Waals surface area contributed by atoms with E-state index in [9.17, 15) is 5.11 Å². The van der Waals surface area contributed by atoms with Gasteiger partial charge in [-0.3, -0.25) is 5.41 Å². The molecule has 88 valence electrons. The summed E-state index contributed by atoms with van der Waals surface area (Å²) >= 11 is 0. The highest BCUT2D eigenvalue weighted by Gasteiger charge is 2.11. The fraction of sp³-hybridized carbons (Fsp3) is 0.231. The van der Waals surface area contributed by atoms with Crippen molar-refractivity contribution in [1.82, 2.24) is 0 Å². The predicted octanol–water partition coefficient (Wildman–Crippen LogP) is 1.62. The second-order valence-electron chi connectivity index (χ2n) is 4.12. The number of quaternary nitrogens is 1. The maximum Gasteiger partial charge on any atom is 0.198 e. The van der Waals surface area contributed by atoms with Crippen LogP contribution in [0.1, 0.15) is 18.4 Å². The lowest BCUT2D eigenvalue weighted by atomic mass is 10.0. The first-order valence-electron chi connectivity index (χ1n) is 5.62. The second-order valence-corrected chi connectivity index (χ2v) is 4.12. The van der Waals surface area contributed by atoms with Crippen molar-refractivity contribution in [2.24, 2.45) is 5.10 Å². The van der Waals surface area contributed by atoms with Crippen LogP contribution in [0.3, 0.4) is 0 Å². The van der Waals surface area contributed by atoms with Crippen LogP contribution >= 0.6 is 0 Å². The first-order valence-corrected chi connectivity index (χ1v) is 5.62. The van der Waals surface area contributed by atoms with E-state index in [-0.39, 0.29) is 5.75 Å². The summed E-state index contributed by atoms with van der Waals surface area (Å²) in [6.45, 7) is 1.97. The molecule has 1 aromatic carbocycles. The van der Waals surface area contributed by atoms with E-state index in [0.717, 1.165) is 24.1 Å². The van der Waals surface area contributed by atoms with E-state index >= 15 is 0 Å². The van der Waals surface area contributed by atoms with Crippen molar-refractivity contribution in [2.45, 2.75) is 19.8 Å². The summed E-state index contributed by atoms with van der Waals surface area (Å²) in [5, 5.41) is 21.7. The van der Waals surface area contributed by atoms with Crippen molar-refractivity contribution >= 4 is 17.1 Å². The largest absolute Gasteiger partial charge is 0.503 e. The highest BCUT2D eigenvalue weighted by atomic mass is 16.3. The van der Waals surface area contributed by atoms with Gasteiger partial charge in [0.25, 0.3) is 0 Å². The molecule has 0 spiro atoms. The monoisotopic (exact) mass is 230 g/mol. The normalized spacial score (nSPS) is 17.7. The van der Waals surface area contributed by atoms with Crippen molar-refractivity contribution < 1.29 is 10.5 Å². The number of nitrogens with two attached hydrogens (primary N) is 1. The molecule has 0 amide bonds. The van der Waals surface area contributed by atoms with Gasteiger partial charge in [0.1, 0.15) is 5.71 Å². The van der Waals surface area contributed by atoms with Gasteiger partial charge in [0.2, 0.25) is 0 Å². The topological polar surface area (TPSA) is 73.1 Å². The minimum atomic E-state index is 0.220. The number of nitrogens with zero attached hydrogens (tertiary/aromatic N) is 1. The third kappa shape index (κ3) is 2.79. The Morgan fingerprint density at radius 2 is 2.24 bits per heavy atom. The van der Waals surface area contributed by atoms with Gasteiger partial charge >= 0.3 is 0 Å². The summed E-state index contributed by atoms with van der Waals surface area (Å²) in [6.07, 6.45) is 5.46. The summed E-state index contributed by atoms with van der Waals surface area (Å²) in [7, 11) is 0. The number of phenolic OH excluding ortho intramolecular Hbond substituents is 1. The van der Waals surface area contributed by atoms with E-state index < -0.39 is 0 Å². The van der Waals surface area contributed by atoms with Gasteiger partial charge in [-0.15, -0.1) is 0 Å². The van der Waals surface area contributed by atoms with Gasteiger partial charge in [-0.1, -0.05) is 17.2 Å². The molecule has 1 aliphatic rings. The molecule has 0 saturated carbocycles. The molecule has 0 heterocycles. The Morgan fingerprint density at radius 1 is 1.41 bits per heavy atom. The van der Waals surface area contributed by atoms with Crippen molar-refractivity contribution in [3.8, 4) is 5.75 Å². The average Bonchev–Trinajstić information content (AvgIpc) is 2.32. The highest BCUT2D eigenvalue weighted by Crippen LogP contribution is 2.18. The third-order valence-electron chi connectivity index (χ3n) is 2.69. The first-order chi connectivity index (χ1) is 8.16. The second kappa shape index (κ2) is 4.93. The minimum absolute atomic E-state index is 0.220. The van der Waals surface area contributed by atoms with Crippen LogP contribution in [0, 0.1) is 12.3 Å². The van der Waals surface area contributed by atoms with Crippen molar-refractivity contribution in [1.29, 1.82) is 5.41 Å². The molecule has 17 heavy (non-hydrogen) atoms. The van der Waals surface area contributed by atoms with E-state index in [1.807, 2.05) is 25.1 Å². The predicted molar refractivity (Wildman–Crippen MR) is 68.0 cm³/mol. The standard InChI is InChI=1S/C13H15N3O/c1-9-6-7-13(17)12(8-9)16-15-11-5-3-2-4-10(11)14/h2,4,6-8,14,16-17H,3,5H2,1H3/p+1. The number of aromatic hydroxyl groups is 1. The first kappa shape index (κ1) is 11.5. The maximum atomic E-state index is 9.66. The summed E-state index contributed by atoms with van der Waals surface area (Å²) in [5.41, 5.74) is 4.63. The summed E-state index contributed by atoms with van der Waals surface area (Å²) in [4.78, 5) is 0. The number of hydrogen-bond acceptors (Lipinski definition) is 3. The molecule has 0 radical (unpaired) electrons. The molecule has 0 aliphatic heterocycles. The molecule has 1 aromatic rings. The van der Waals surface area contributed by atoms with Crippen LogP contribution in [0.25, 0.3) is 0 Å². The van der Waals surface area contributed by atoms with Crippen LogP contribution in [0.15, 0.2) is 35.5 Å². The number of nitrogens with one attached hydrogen (secondary N) is 1. The average molecular weight is 230 g/mol. The zero-order valence-corrected chi connectivity index (χ0v) is 9.77. The number of hydrogen-bond donors (Lipinski definition) is 3. The number of allylic oxidation sites excluding steroid dienone is 2. The van der Waals surface area contributed by atoms with Gasteiger partial charge in [-0.25, -0.2) is 0 Å².